The van der Waals surface area contributed by atoms with Crippen LogP contribution in [0.5, 0.6) is 0 Å². The number of carbonyl (C=O) groups is 1. The lowest BCUT2D eigenvalue weighted by atomic mass is 10.2. The van der Waals surface area contributed by atoms with Crippen molar-refractivity contribution >= 4 is 17.5 Å². The number of carbonyl (C=O) groups excluding carboxylic acids is 1. The molecule has 0 fully saturated rings. The molecule has 2 rings (SSSR count). The van der Waals surface area contributed by atoms with E-state index in [-0.39, 0.29) is 18.0 Å². The van der Waals surface area contributed by atoms with Crippen LogP contribution < -0.4 is 10.9 Å². The van der Waals surface area contributed by atoms with Crippen LogP contribution in [0.2, 0.25) is 5.15 Å². The van der Waals surface area contributed by atoms with E-state index < -0.39 is 0 Å². The first-order valence-corrected chi connectivity index (χ1v) is 7.44. The molecule has 6 nitrogen and oxygen atoms in total. The number of likely N-dealkylation sites (N-methyl/N-ethyl adjacent to an activating group) is 1. The van der Waals surface area contributed by atoms with Crippen LogP contribution in [0.3, 0.4) is 0 Å². The van der Waals surface area contributed by atoms with Gasteiger partial charge in [0.05, 0.1) is 5.69 Å². The van der Waals surface area contributed by atoms with Crippen LogP contribution in [0.25, 0.3) is 11.3 Å². The van der Waals surface area contributed by atoms with Crippen LogP contribution in [0.4, 0.5) is 0 Å². The van der Waals surface area contributed by atoms with Gasteiger partial charge >= 0.3 is 0 Å². The molecule has 2 aromatic rings. The van der Waals surface area contributed by atoms with Gasteiger partial charge in [-0.05, 0) is 25.1 Å². The lowest BCUT2D eigenvalue weighted by Gasteiger charge is -2.07. The third-order valence-electron chi connectivity index (χ3n) is 2.56. The Morgan fingerprint density at radius 1 is 1.27 bits per heavy atom. The smallest absolute Gasteiger partial charge is 0.267 e. The molecule has 0 saturated carbocycles. The van der Waals surface area contributed by atoms with Crippen molar-refractivity contribution in [1.29, 1.82) is 0 Å². The van der Waals surface area contributed by atoms with E-state index >= 15 is 0 Å². The van der Waals surface area contributed by atoms with Gasteiger partial charge in [-0.3, -0.25) is 9.59 Å². The van der Waals surface area contributed by atoms with E-state index in [9.17, 15) is 9.59 Å². The topological polar surface area (TPSA) is 76.9 Å². The van der Waals surface area contributed by atoms with E-state index in [1.54, 1.807) is 24.4 Å². The Morgan fingerprint density at radius 3 is 2.59 bits per heavy atom. The number of rotatable bonds is 4. The van der Waals surface area contributed by atoms with E-state index in [4.69, 9.17) is 11.6 Å². The lowest BCUT2D eigenvalue weighted by Crippen LogP contribution is -2.33. The summed E-state index contributed by atoms with van der Waals surface area (Å²) in [4.78, 5) is 27.2. The molecule has 0 spiro atoms. The minimum absolute atomic E-state index is 0.110. The second kappa shape index (κ2) is 8.94. The number of hydrogen-bond donors (Lipinski definition) is 1. The molecule has 0 unspecified atom stereocenters. The summed E-state index contributed by atoms with van der Waals surface area (Å²) >= 11 is 5.72. The highest BCUT2D eigenvalue weighted by molar-refractivity contribution is 6.29. The van der Waals surface area contributed by atoms with Crippen molar-refractivity contribution in [3.63, 3.8) is 0 Å². The summed E-state index contributed by atoms with van der Waals surface area (Å²) in [5.74, 6) is -0.256. The van der Waals surface area contributed by atoms with Gasteiger partial charge in [-0.25, -0.2) is 9.67 Å². The summed E-state index contributed by atoms with van der Waals surface area (Å²) in [6, 6.07) is 6.34. The Hall–Kier alpha value is -2.21. The van der Waals surface area contributed by atoms with Gasteiger partial charge in [0, 0.05) is 24.4 Å². The fourth-order valence-electron chi connectivity index (χ4n) is 1.63. The molecule has 118 valence electrons. The molecule has 0 atom stereocenters. The highest BCUT2D eigenvalue weighted by Crippen LogP contribution is 2.15. The molecule has 1 amide bonds. The molecule has 0 aromatic carbocycles. The fraction of sp³-hybridized carbons (Fsp3) is 0.333. The Bertz CT molecular complexity index is 668. The minimum Gasteiger partial charge on any atom is -0.355 e. The summed E-state index contributed by atoms with van der Waals surface area (Å²) in [6.45, 7) is 6.21. The zero-order chi connectivity index (χ0) is 16.5. The highest BCUT2D eigenvalue weighted by atomic mass is 35.5. The van der Waals surface area contributed by atoms with Crippen molar-refractivity contribution in [2.24, 2.45) is 0 Å². The Morgan fingerprint density at radius 2 is 2.00 bits per heavy atom. The monoisotopic (exact) mass is 322 g/mol. The van der Waals surface area contributed by atoms with Crippen LogP contribution >= 0.6 is 11.6 Å². The van der Waals surface area contributed by atoms with Gasteiger partial charge in [0.25, 0.3) is 5.56 Å². The van der Waals surface area contributed by atoms with Crippen molar-refractivity contribution in [1.82, 2.24) is 20.1 Å². The predicted molar refractivity (Wildman–Crippen MR) is 86.8 cm³/mol. The quantitative estimate of drug-likeness (QED) is 0.875. The number of aromatic nitrogens is 3. The first-order valence-electron chi connectivity index (χ1n) is 7.07. The summed E-state index contributed by atoms with van der Waals surface area (Å²) in [7, 11) is 0. The molecular formula is C15H19ClN4O2. The Balaban J connectivity index is 0.00000116. The largest absolute Gasteiger partial charge is 0.355 e. The maximum absolute atomic E-state index is 11.7. The zero-order valence-corrected chi connectivity index (χ0v) is 13.6. The standard InChI is InChI=1S/C13H13ClN4O2.C2H6/c1-2-15-12(19)8-18-13(20)6-4-10(17-18)9-3-5-11(14)16-7-9;1-2/h3-7H,2,8H2,1H3,(H,15,19);1-2H3. The Labute approximate surface area is 134 Å². The lowest BCUT2D eigenvalue weighted by molar-refractivity contribution is -0.121. The maximum Gasteiger partial charge on any atom is 0.267 e. The average molecular weight is 323 g/mol. The van der Waals surface area contributed by atoms with Crippen molar-refractivity contribution in [2.45, 2.75) is 27.3 Å². The van der Waals surface area contributed by atoms with E-state index in [0.717, 1.165) is 10.2 Å². The van der Waals surface area contributed by atoms with Gasteiger partial charge in [-0.2, -0.15) is 5.10 Å². The molecule has 22 heavy (non-hydrogen) atoms. The molecule has 0 aliphatic heterocycles. The number of nitrogens with one attached hydrogen (secondary N) is 1. The SMILES string of the molecule is CC.CCNC(=O)Cn1nc(-c2ccc(Cl)nc2)ccc1=O. The van der Waals surface area contributed by atoms with E-state index in [1.807, 2.05) is 20.8 Å². The van der Waals surface area contributed by atoms with Crippen LogP contribution in [-0.4, -0.2) is 27.2 Å². The summed E-state index contributed by atoms with van der Waals surface area (Å²) in [6.07, 6.45) is 1.56. The number of nitrogens with zero attached hydrogens (tertiary/aromatic N) is 3. The van der Waals surface area contributed by atoms with Crippen LogP contribution in [0.15, 0.2) is 35.3 Å². The molecule has 0 saturated heterocycles. The molecule has 0 aliphatic carbocycles. The van der Waals surface area contributed by atoms with Gasteiger partial charge in [0.15, 0.2) is 0 Å². The zero-order valence-electron chi connectivity index (χ0n) is 12.8. The molecule has 2 heterocycles. The number of amides is 1. The van der Waals surface area contributed by atoms with Crippen molar-refractivity contribution in [3.05, 3.63) is 46.0 Å². The van der Waals surface area contributed by atoms with Gasteiger partial charge in [-0.15, -0.1) is 0 Å². The van der Waals surface area contributed by atoms with Crippen molar-refractivity contribution < 1.29 is 4.79 Å². The van der Waals surface area contributed by atoms with Crippen LogP contribution in [0.1, 0.15) is 20.8 Å². The fourth-order valence-corrected chi connectivity index (χ4v) is 1.74. The number of halogens is 1. The summed E-state index contributed by atoms with van der Waals surface area (Å²) in [5.41, 5.74) is 0.944. The predicted octanol–water partition coefficient (Wildman–Crippen LogP) is 2.12. The van der Waals surface area contributed by atoms with E-state index in [1.165, 1.54) is 6.07 Å². The van der Waals surface area contributed by atoms with Crippen LogP contribution in [0, 0.1) is 0 Å². The Kier molecular flexibility index (Phi) is 7.25. The first-order chi connectivity index (χ1) is 10.6. The molecule has 0 radical (unpaired) electrons. The van der Waals surface area contributed by atoms with Gasteiger partial charge in [0.1, 0.15) is 11.7 Å². The molecule has 2 aromatic heterocycles. The second-order valence-electron chi connectivity index (χ2n) is 4.04. The van der Waals surface area contributed by atoms with Crippen molar-refractivity contribution in [2.75, 3.05) is 6.54 Å². The number of hydrogen-bond acceptors (Lipinski definition) is 4. The van der Waals surface area contributed by atoms with Crippen molar-refractivity contribution in [3.8, 4) is 11.3 Å². The van der Waals surface area contributed by atoms with Gasteiger partial charge in [0.2, 0.25) is 5.91 Å². The first kappa shape index (κ1) is 17.8. The van der Waals surface area contributed by atoms with Crippen LogP contribution in [-0.2, 0) is 11.3 Å². The summed E-state index contributed by atoms with van der Waals surface area (Å²) in [5, 5.41) is 7.15. The van der Waals surface area contributed by atoms with Gasteiger partial charge in [-0.1, -0.05) is 25.4 Å². The average Bonchev–Trinajstić information content (AvgIpc) is 2.52. The maximum atomic E-state index is 11.7. The third kappa shape index (κ3) is 4.96. The molecule has 0 aliphatic rings. The third-order valence-corrected chi connectivity index (χ3v) is 2.78. The molecule has 0 bridgehead atoms. The minimum atomic E-state index is -0.332. The molecular weight excluding hydrogens is 304 g/mol. The highest BCUT2D eigenvalue weighted by Gasteiger charge is 2.07. The molecule has 7 heteroatoms. The normalized spacial score (nSPS) is 9.64. The summed E-state index contributed by atoms with van der Waals surface area (Å²) < 4.78 is 1.12. The van der Waals surface area contributed by atoms with Gasteiger partial charge < -0.3 is 5.32 Å². The molecule has 1 N–H and O–H groups in total. The second-order valence-corrected chi connectivity index (χ2v) is 4.42. The van der Waals surface area contributed by atoms with E-state index in [0.29, 0.717) is 17.4 Å². The number of pyridine rings is 1. The van der Waals surface area contributed by atoms with E-state index in [2.05, 4.69) is 15.4 Å².